The minimum absolute atomic E-state index is 0.0106. The van der Waals surface area contributed by atoms with Crippen LogP contribution in [0.2, 0.25) is 5.02 Å². The van der Waals surface area contributed by atoms with Crippen molar-refractivity contribution in [3.8, 4) is 0 Å². The Hall–Kier alpha value is -1.30. The van der Waals surface area contributed by atoms with Crippen molar-refractivity contribution in [2.75, 3.05) is 40.0 Å². The first-order chi connectivity index (χ1) is 12.6. The highest BCUT2D eigenvalue weighted by atomic mass is 35.5. The molecule has 5 nitrogen and oxygen atoms in total. The molecule has 0 bridgehead atoms. The first-order valence-electron chi connectivity index (χ1n) is 9.51. The lowest BCUT2D eigenvalue weighted by atomic mass is 9.64. The van der Waals surface area contributed by atoms with Gasteiger partial charge in [-0.25, -0.2) is 0 Å². The number of nitrogens with zero attached hydrogens (tertiary/aromatic N) is 1. The predicted octanol–water partition coefficient (Wildman–Crippen LogP) is 2.72. The second-order valence-electron chi connectivity index (χ2n) is 7.70. The Balaban J connectivity index is 1.57. The van der Waals surface area contributed by atoms with E-state index >= 15 is 0 Å². The first kappa shape index (κ1) is 19.5. The Morgan fingerprint density at radius 3 is 2.46 bits per heavy atom. The molecule has 0 radical (unpaired) electrons. The quantitative estimate of drug-likeness (QED) is 0.503. The molecule has 1 aliphatic heterocycles. The molecule has 2 aliphatic rings. The predicted molar refractivity (Wildman–Crippen MR) is 106 cm³/mol. The number of aliphatic imine (C=N–C) groups is 1. The summed E-state index contributed by atoms with van der Waals surface area (Å²) in [6.45, 7) is 3.29. The molecule has 6 heteroatoms. The van der Waals surface area contributed by atoms with Gasteiger partial charge in [0.25, 0.3) is 0 Å². The van der Waals surface area contributed by atoms with Crippen molar-refractivity contribution in [2.45, 2.75) is 37.5 Å². The summed E-state index contributed by atoms with van der Waals surface area (Å²) in [4.78, 5) is 4.38. The number of ether oxygens (including phenoxy) is 1. The molecule has 1 unspecified atom stereocenters. The summed E-state index contributed by atoms with van der Waals surface area (Å²) in [6.07, 6.45) is 5.35. The summed E-state index contributed by atoms with van der Waals surface area (Å²) >= 11 is 6.04. The fourth-order valence-corrected chi connectivity index (χ4v) is 4.16. The highest BCUT2D eigenvalue weighted by Crippen LogP contribution is 2.43. The molecule has 1 saturated carbocycles. The van der Waals surface area contributed by atoms with Crippen LogP contribution < -0.4 is 10.6 Å². The summed E-state index contributed by atoms with van der Waals surface area (Å²) < 4.78 is 5.57. The van der Waals surface area contributed by atoms with Crippen LogP contribution in [0.25, 0.3) is 0 Å². The smallest absolute Gasteiger partial charge is 0.191 e. The molecule has 1 saturated heterocycles. The SMILES string of the molecule is CN=C(NCC1(CCO)CCOC1)NCC1(c2ccc(Cl)cc2)CCC1. The van der Waals surface area contributed by atoms with E-state index in [2.05, 4.69) is 27.8 Å². The topological polar surface area (TPSA) is 65.9 Å². The normalized spacial score (nSPS) is 25.0. The van der Waals surface area contributed by atoms with Gasteiger partial charge < -0.3 is 20.5 Å². The molecule has 26 heavy (non-hydrogen) atoms. The van der Waals surface area contributed by atoms with Gasteiger partial charge in [-0.2, -0.15) is 0 Å². The Morgan fingerprint density at radius 2 is 1.92 bits per heavy atom. The molecule has 2 fully saturated rings. The average Bonchev–Trinajstić information content (AvgIpc) is 3.07. The van der Waals surface area contributed by atoms with Crippen molar-refractivity contribution in [1.82, 2.24) is 10.6 Å². The number of nitrogens with one attached hydrogen (secondary N) is 2. The summed E-state index contributed by atoms with van der Waals surface area (Å²) in [5.41, 5.74) is 1.52. The van der Waals surface area contributed by atoms with E-state index in [0.717, 1.165) is 43.5 Å². The van der Waals surface area contributed by atoms with Gasteiger partial charge in [0.05, 0.1) is 6.61 Å². The second kappa shape index (κ2) is 8.59. The first-order valence-corrected chi connectivity index (χ1v) is 9.88. The molecule has 0 amide bonds. The van der Waals surface area contributed by atoms with Crippen LogP contribution >= 0.6 is 11.6 Å². The number of rotatable bonds is 7. The van der Waals surface area contributed by atoms with E-state index in [1.54, 1.807) is 7.05 Å². The lowest BCUT2D eigenvalue weighted by molar-refractivity contribution is 0.127. The number of aliphatic hydroxyl groups excluding tert-OH is 1. The van der Waals surface area contributed by atoms with Gasteiger partial charge in [0, 0.05) is 49.2 Å². The summed E-state index contributed by atoms with van der Waals surface area (Å²) in [7, 11) is 1.80. The molecule has 0 spiro atoms. The van der Waals surface area contributed by atoms with Crippen LogP contribution in [0.4, 0.5) is 0 Å². The molecule has 0 aromatic heterocycles. The highest BCUT2D eigenvalue weighted by Gasteiger charge is 2.39. The molecular weight excluding hydrogens is 350 g/mol. The molecule has 3 N–H and O–H groups in total. The van der Waals surface area contributed by atoms with Crippen molar-refractivity contribution in [2.24, 2.45) is 10.4 Å². The summed E-state index contributed by atoms with van der Waals surface area (Å²) in [6, 6.07) is 8.24. The van der Waals surface area contributed by atoms with Crippen molar-refractivity contribution in [3.05, 3.63) is 34.9 Å². The number of benzene rings is 1. The van der Waals surface area contributed by atoms with Gasteiger partial charge in [0.15, 0.2) is 5.96 Å². The molecular formula is C20H30ClN3O2. The third-order valence-corrected chi connectivity index (χ3v) is 6.30. The number of hydrogen-bond acceptors (Lipinski definition) is 3. The van der Waals surface area contributed by atoms with E-state index in [1.807, 2.05) is 12.1 Å². The number of halogens is 1. The molecule has 1 aromatic rings. The van der Waals surface area contributed by atoms with E-state index in [4.69, 9.17) is 16.3 Å². The van der Waals surface area contributed by atoms with Crippen LogP contribution in [0.1, 0.15) is 37.7 Å². The lowest BCUT2D eigenvalue weighted by Gasteiger charge is -2.43. The fraction of sp³-hybridized carbons (Fsp3) is 0.650. The Labute approximate surface area is 161 Å². The van der Waals surface area contributed by atoms with Crippen LogP contribution in [-0.2, 0) is 10.2 Å². The number of aliphatic hydroxyl groups is 1. The molecule has 1 aromatic carbocycles. The molecule has 3 rings (SSSR count). The van der Waals surface area contributed by atoms with Gasteiger partial charge in [-0.15, -0.1) is 0 Å². The third kappa shape index (κ3) is 4.33. The Bertz CT molecular complexity index is 608. The van der Waals surface area contributed by atoms with Crippen LogP contribution in [-0.4, -0.2) is 51.0 Å². The van der Waals surface area contributed by atoms with Gasteiger partial charge in [-0.05, 0) is 43.4 Å². The molecule has 1 heterocycles. The maximum atomic E-state index is 9.37. The minimum Gasteiger partial charge on any atom is -0.396 e. The zero-order valence-corrected chi connectivity index (χ0v) is 16.3. The van der Waals surface area contributed by atoms with Crippen LogP contribution in [0.15, 0.2) is 29.3 Å². The van der Waals surface area contributed by atoms with Crippen LogP contribution in [0.5, 0.6) is 0 Å². The Morgan fingerprint density at radius 1 is 1.19 bits per heavy atom. The summed E-state index contributed by atoms with van der Waals surface area (Å²) in [5.74, 6) is 0.814. The average molecular weight is 380 g/mol. The number of guanidine groups is 1. The molecule has 1 atom stereocenters. The van der Waals surface area contributed by atoms with Gasteiger partial charge in [0.1, 0.15) is 0 Å². The zero-order chi connectivity index (χ0) is 18.5. The van der Waals surface area contributed by atoms with E-state index in [1.165, 1.54) is 24.8 Å². The van der Waals surface area contributed by atoms with Crippen molar-refractivity contribution >= 4 is 17.6 Å². The van der Waals surface area contributed by atoms with Gasteiger partial charge >= 0.3 is 0 Å². The maximum absolute atomic E-state index is 9.37. The maximum Gasteiger partial charge on any atom is 0.191 e. The summed E-state index contributed by atoms with van der Waals surface area (Å²) in [5, 5.41) is 17.1. The minimum atomic E-state index is 0.0106. The fourth-order valence-electron chi connectivity index (χ4n) is 4.03. The van der Waals surface area contributed by atoms with E-state index in [9.17, 15) is 5.11 Å². The van der Waals surface area contributed by atoms with Gasteiger partial charge in [0.2, 0.25) is 0 Å². The Kier molecular flexibility index (Phi) is 6.43. The van der Waals surface area contributed by atoms with Crippen molar-refractivity contribution in [3.63, 3.8) is 0 Å². The van der Waals surface area contributed by atoms with Crippen LogP contribution in [0, 0.1) is 5.41 Å². The largest absolute Gasteiger partial charge is 0.396 e. The van der Waals surface area contributed by atoms with E-state index in [0.29, 0.717) is 6.61 Å². The van der Waals surface area contributed by atoms with Crippen LogP contribution in [0.3, 0.4) is 0 Å². The van der Waals surface area contributed by atoms with E-state index in [-0.39, 0.29) is 17.4 Å². The van der Waals surface area contributed by atoms with Gasteiger partial charge in [-0.1, -0.05) is 30.2 Å². The van der Waals surface area contributed by atoms with Gasteiger partial charge in [-0.3, -0.25) is 4.99 Å². The number of hydrogen-bond donors (Lipinski definition) is 3. The second-order valence-corrected chi connectivity index (χ2v) is 8.13. The highest BCUT2D eigenvalue weighted by molar-refractivity contribution is 6.30. The third-order valence-electron chi connectivity index (χ3n) is 6.04. The zero-order valence-electron chi connectivity index (χ0n) is 15.6. The lowest BCUT2D eigenvalue weighted by Crippen LogP contribution is -2.50. The van der Waals surface area contributed by atoms with E-state index < -0.39 is 0 Å². The molecule has 1 aliphatic carbocycles. The van der Waals surface area contributed by atoms with Crippen molar-refractivity contribution in [1.29, 1.82) is 0 Å². The van der Waals surface area contributed by atoms with Crippen molar-refractivity contribution < 1.29 is 9.84 Å². The monoisotopic (exact) mass is 379 g/mol. The molecule has 144 valence electrons. The standard InChI is InChI=1S/C20H30ClN3O2/c1-22-18(23-13-19(9-11-25)10-12-26-15-19)24-14-20(7-2-8-20)16-3-5-17(21)6-4-16/h3-6,25H,2,7-15H2,1H3,(H2,22,23,24).